The Balaban J connectivity index is 1.73. The lowest BCUT2D eigenvalue weighted by Crippen LogP contribution is -2.25. The summed E-state index contributed by atoms with van der Waals surface area (Å²) in [5.74, 6) is 0. The highest BCUT2D eigenvalue weighted by Gasteiger charge is 2.39. The average molecular weight is 378 g/mol. The van der Waals surface area contributed by atoms with Gasteiger partial charge in [-0.3, -0.25) is 9.97 Å². The van der Waals surface area contributed by atoms with Crippen molar-refractivity contribution in [3.63, 3.8) is 0 Å². The molecule has 1 N–H and O–H groups in total. The van der Waals surface area contributed by atoms with E-state index in [9.17, 15) is 0 Å². The third-order valence-corrected chi connectivity index (χ3v) is 5.77. The van der Waals surface area contributed by atoms with E-state index in [1.54, 1.807) is 0 Å². The number of rotatable bonds is 4. The number of thiocarbonyl (C=S) groups is 1. The SMILES string of the molecule is Cc1cc(C2C(c3ccccn3)NC(=S)N2C)c(C)n1Cc1ccncc1. The van der Waals surface area contributed by atoms with Gasteiger partial charge in [0, 0.05) is 43.6 Å². The molecule has 0 radical (unpaired) electrons. The summed E-state index contributed by atoms with van der Waals surface area (Å²) in [4.78, 5) is 10.8. The van der Waals surface area contributed by atoms with Crippen LogP contribution < -0.4 is 5.32 Å². The molecule has 138 valence electrons. The molecule has 3 aromatic heterocycles. The number of nitrogens with zero attached hydrogens (tertiary/aromatic N) is 4. The fourth-order valence-corrected chi connectivity index (χ4v) is 4.13. The highest BCUT2D eigenvalue weighted by Crippen LogP contribution is 2.39. The molecule has 1 fully saturated rings. The van der Waals surface area contributed by atoms with Crippen molar-refractivity contribution in [3.05, 3.63) is 83.2 Å². The number of hydrogen-bond donors (Lipinski definition) is 1. The molecule has 0 bridgehead atoms. The highest BCUT2D eigenvalue weighted by atomic mass is 32.1. The summed E-state index contributed by atoms with van der Waals surface area (Å²) < 4.78 is 2.36. The van der Waals surface area contributed by atoms with E-state index in [2.05, 4.69) is 69.9 Å². The number of aromatic nitrogens is 3. The quantitative estimate of drug-likeness (QED) is 0.705. The molecule has 0 aromatic carbocycles. The topological polar surface area (TPSA) is 46.0 Å². The van der Waals surface area contributed by atoms with Gasteiger partial charge in [-0.2, -0.15) is 0 Å². The lowest BCUT2D eigenvalue weighted by Gasteiger charge is -2.24. The third-order valence-electron chi connectivity index (χ3n) is 5.36. The molecule has 0 aliphatic carbocycles. The van der Waals surface area contributed by atoms with Crippen molar-refractivity contribution in [2.45, 2.75) is 32.5 Å². The Hall–Kier alpha value is -2.73. The molecule has 6 heteroatoms. The van der Waals surface area contributed by atoms with Crippen LogP contribution in [-0.2, 0) is 6.54 Å². The Labute approximate surface area is 165 Å². The fraction of sp³-hybridized carbons (Fsp3) is 0.286. The second-order valence-corrected chi connectivity index (χ2v) is 7.39. The van der Waals surface area contributed by atoms with Crippen LogP contribution >= 0.6 is 12.2 Å². The zero-order valence-electron chi connectivity index (χ0n) is 15.8. The van der Waals surface area contributed by atoms with Gasteiger partial charge in [-0.05, 0) is 67.5 Å². The minimum atomic E-state index is 0.0403. The maximum Gasteiger partial charge on any atom is 0.169 e. The predicted molar refractivity (Wildman–Crippen MR) is 110 cm³/mol. The van der Waals surface area contributed by atoms with Gasteiger partial charge in [0.1, 0.15) is 0 Å². The Morgan fingerprint density at radius 2 is 1.89 bits per heavy atom. The standard InChI is InChI=1S/C21H23N5S/c1-14-12-17(15(2)26(14)13-16-7-10-22-11-8-16)20-19(24-21(27)25(20)3)18-6-4-5-9-23-18/h4-12,19-20H,13H2,1-3H3,(H,24,27). The Kier molecular flexibility index (Phi) is 4.66. The van der Waals surface area contributed by atoms with Crippen molar-refractivity contribution >= 4 is 17.3 Å². The van der Waals surface area contributed by atoms with Gasteiger partial charge in [0.2, 0.25) is 0 Å². The van der Waals surface area contributed by atoms with E-state index in [4.69, 9.17) is 12.2 Å². The first-order valence-corrected chi connectivity index (χ1v) is 9.47. The number of pyridine rings is 2. The maximum atomic E-state index is 5.56. The molecule has 2 atom stereocenters. The lowest BCUT2D eigenvalue weighted by molar-refractivity contribution is 0.366. The maximum absolute atomic E-state index is 5.56. The van der Waals surface area contributed by atoms with Gasteiger partial charge in [-0.1, -0.05) is 6.07 Å². The molecule has 4 rings (SSSR count). The summed E-state index contributed by atoms with van der Waals surface area (Å²) in [5, 5.41) is 4.21. The molecule has 0 saturated carbocycles. The number of aryl methyl sites for hydroxylation is 1. The summed E-state index contributed by atoms with van der Waals surface area (Å²) in [6.07, 6.45) is 5.52. The van der Waals surface area contributed by atoms with Crippen LogP contribution in [0.1, 0.15) is 40.3 Å². The van der Waals surface area contributed by atoms with Crippen molar-refractivity contribution in [1.82, 2.24) is 24.8 Å². The second kappa shape index (κ2) is 7.12. The molecule has 3 aromatic rings. The molecule has 2 unspecified atom stereocenters. The Bertz CT molecular complexity index is 951. The largest absolute Gasteiger partial charge is 0.352 e. The zero-order chi connectivity index (χ0) is 19.0. The lowest BCUT2D eigenvalue weighted by atomic mass is 9.97. The van der Waals surface area contributed by atoms with E-state index in [-0.39, 0.29) is 12.1 Å². The van der Waals surface area contributed by atoms with Crippen LogP contribution in [0.4, 0.5) is 0 Å². The Morgan fingerprint density at radius 1 is 1.11 bits per heavy atom. The summed E-state index contributed by atoms with van der Waals surface area (Å²) in [5.41, 5.74) is 6.03. The first-order valence-electron chi connectivity index (χ1n) is 9.06. The zero-order valence-corrected chi connectivity index (χ0v) is 16.6. The van der Waals surface area contributed by atoms with Crippen LogP contribution in [0.5, 0.6) is 0 Å². The van der Waals surface area contributed by atoms with Gasteiger partial charge in [0.15, 0.2) is 5.11 Å². The van der Waals surface area contributed by atoms with Crippen molar-refractivity contribution in [2.75, 3.05) is 7.05 Å². The molecule has 1 saturated heterocycles. The van der Waals surface area contributed by atoms with E-state index >= 15 is 0 Å². The number of hydrogen-bond acceptors (Lipinski definition) is 3. The molecule has 4 heterocycles. The number of nitrogens with one attached hydrogen (secondary N) is 1. The first kappa shape index (κ1) is 17.7. The first-order chi connectivity index (χ1) is 13.1. The summed E-state index contributed by atoms with van der Waals surface area (Å²) >= 11 is 5.56. The molecule has 1 aliphatic rings. The van der Waals surface area contributed by atoms with E-state index in [1.165, 1.54) is 22.5 Å². The van der Waals surface area contributed by atoms with Gasteiger partial charge in [0.05, 0.1) is 17.8 Å². The molecule has 27 heavy (non-hydrogen) atoms. The van der Waals surface area contributed by atoms with Gasteiger partial charge in [0.25, 0.3) is 0 Å². The van der Waals surface area contributed by atoms with Crippen molar-refractivity contribution in [1.29, 1.82) is 0 Å². The van der Waals surface area contributed by atoms with Gasteiger partial charge in [-0.25, -0.2) is 0 Å². The molecular formula is C21H23N5S. The van der Waals surface area contributed by atoms with Crippen LogP contribution in [0, 0.1) is 13.8 Å². The fourth-order valence-electron chi connectivity index (χ4n) is 3.89. The monoisotopic (exact) mass is 377 g/mol. The van der Waals surface area contributed by atoms with Crippen LogP contribution in [0.3, 0.4) is 0 Å². The van der Waals surface area contributed by atoms with Crippen molar-refractivity contribution in [2.24, 2.45) is 0 Å². The minimum Gasteiger partial charge on any atom is -0.352 e. The highest BCUT2D eigenvalue weighted by molar-refractivity contribution is 7.80. The third kappa shape index (κ3) is 3.21. The van der Waals surface area contributed by atoms with Crippen LogP contribution in [0.2, 0.25) is 0 Å². The molecule has 0 amide bonds. The summed E-state index contributed by atoms with van der Waals surface area (Å²) in [7, 11) is 2.05. The van der Waals surface area contributed by atoms with Crippen LogP contribution in [0.15, 0.2) is 55.0 Å². The van der Waals surface area contributed by atoms with Gasteiger partial charge >= 0.3 is 0 Å². The predicted octanol–water partition coefficient (Wildman–Crippen LogP) is 3.55. The van der Waals surface area contributed by atoms with Crippen molar-refractivity contribution < 1.29 is 0 Å². The van der Waals surface area contributed by atoms with Crippen LogP contribution in [0.25, 0.3) is 0 Å². The average Bonchev–Trinajstić information content (AvgIpc) is 3.13. The smallest absolute Gasteiger partial charge is 0.169 e. The van der Waals surface area contributed by atoms with E-state index < -0.39 is 0 Å². The van der Waals surface area contributed by atoms with E-state index in [1.807, 2.05) is 30.7 Å². The van der Waals surface area contributed by atoms with Crippen LogP contribution in [-0.4, -0.2) is 31.6 Å². The molecule has 1 aliphatic heterocycles. The minimum absolute atomic E-state index is 0.0403. The van der Waals surface area contributed by atoms with E-state index in [0.29, 0.717) is 0 Å². The molecular weight excluding hydrogens is 354 g/mol. The van der Waals surface area contributed by atoms with Gasteiger partial charge in [-0.15, -0.1) is 0 Å². The Morgan fingerprint density at radius 3 is 2.59 bits per heavy atom. The van der Waals surface area contributed by atoms with Crippen molar-refractivity contribution in [3.8, 4) is 0 Å². The second-order valence-electron chi connectivity index (χ2n) is 7.01. The molecule has 0 spiro atoms. The summed E-state index contributed by atoms with van der Waals surface area (Å²) in [6.45, 7) is 5.19. The normalized spacial score (nSPS) is 19.4. The molecule has 5 nitrogen and oxygen atoms in total. The van der Waals surface area contributed by atoms with Gasteiger partial charge < -0.3 is 14.8 Å². The van der Waals surface area contributed by atoms with E-state index in [0.717, 1.165) is 17.4 Å². The summed E-state index contributed by atoms with van der Waals surface area (Å²) in [6, 6.07) is 12.6. The number of likely N-dealkylation sites (N-methyl/N-ethyl adjacent to an activating group) is 1.